The summed E-state index contributed by atoms with van der Waals surface area (Å²) in [5.74, 6) is -1.76. The molecule has 0 aromatic heterocycles. The molecule has 3 nitrogen and oxygen atoms in total. The van der Waals surface area contributed by atoms with E-state index in [0.717, 1.165) is 12.8 Å². The average molecular weight is 311 g/mol. The van der Waals surface area contributed by atoms with E-state index in [0.29, 0.717) is 19.4 Å². The summed E-state index contributed by atoms with van der Waals surface area (Å²) in [4.78, 5) is 12.1. The Bertz CT molecular complexity index is 495. The first-order valence-electron chi connectivity index (χ1n) is 7.90. The van der Waals surface area contributed by atoms with Gasteiger partial charge in [0.2, 0.25) is 5.91 Å². The first-order valence-corrected chi connectivity index (χ1v) is 7.90. The molecule has 122 valence electrons. The third-order valence-corrected chi connectivity index (χ3v) is 4.30. The minimum absolute atomic E-state index is 0.0307. The molecular formula is C17H23F2NO2. The van der Waals surface area contributed by atoms with Crippen molar-refractivity contribution in [3.63, 3.8) is 0 Å². The average Bonchev–Trinajstić information content (AvgIpc) is 3.25. The molecule has 0 spiro atoms. The molecule has 1 saturated carbocycles. The van der Waals surface area contributed by atoms with Gasteiger partial charge < -0.3 is 10.4 Å². The van der Waals surface area contributed by atoms with E-state index in [1.165, 1.54) is 18.2 Å². The summed E-state index contributed by atoms with van der Waals surface area (Å²) in [7, 11) is 0. The molecule has 0 aliphatic heterocycles. The number of rotatable bonds is 8. The van der Waals surface area contributed by atoms with Crippen molar-refractivity contribution in [2.45, 2.75) is 38.5 Å². The fourth-order valence-corrected chi connectivity index (χ4v) is 2.98. The minimum Gasteiger partial charge on any atom is -0.396 e. The van der Waals surface area contributed by atoms with Crippen LogP contribution in [0.1, 0.15) is 44.1 Å². The van der Waals surface area contributed by atoms with Crippen LogP contribution in [0, 0.1) is 23.5 Å². The van der Waals surface area contributed by atoms with Crippen molar-refractivity contribution in [1.29, 1.82) is 0 Å². The second-order valence-corrected chi connectivity index (χ2v) is 6.00. The number of amides is 1. The van der Waals surface area contributed by atoms with Crippen molar-refractivity contribution >= 4 is 5.91 Å². The molecule has 2 N–H and O–H groups in total. The Morgan fingerprint density at radius 3 is 2.64 bits per heavy atom. The number of benzene rings is 1. The van der Waals surface area contributed by atoms with E-state index in [-0.39, 0.29) is 35.8 Å². The summed E-state index contributed by atoms with van der Waals surface area (Å²) in [6, 6.07) is 3.78. The van der Waals surface area contributed by atoms with Crippen molar-refractivity contribution in [1.82, 2.24) is 5.32 Å². The molecule has 2 rings (SSSR count). The zero-order valence-corrected chi connectivity index (χ0v) is 12.8. The highest BCUT2D eigenvalue weighted by atomic mass is 19.1. The molecular weight excluding hydrogens is 288 g/mol. The van der Waals surface area contributed by atoms with Crippen molar-refractivity contribution in [3.05, 3.63) is 35.4 Å². The Morgan fingerprint density at radius 2 is 2.05 bits per heavy atom. The van der Waals surface area contributed by atoms with Crippen LogP contribution in [-0.4, -0.2) is 24.2 Å². The SMILES string of the molecule is CCCC(CCO)CNC(=O)C1CC1c1c(F)cccc1F. The highest BCUT2D eigenvalue weighted by Gasteiger charge is 2.46. The fourth-order valence-electron chi connectivity index (χ4n) is 2.98. The van der Waals surface area contributed by atoms with Crippen LogP contribution in [-0.2, 0) is 4.79 Å². The number of aliphatic hydroxyl groups is 1. The van der Waals surface area contributed by atoms with E-state index in [1.807, 2.05) is 0 Å². The Labute approximate surface area is 129 Å². The van der Waals surface area contributed by atoms with Crippen molar-refractivity contribution in [2.24, 2.45) is 11.8 Å². The van der Waals surface area contributed by atoms with Crippen LogP contribution in [0.15, 0.2) is 18.2 Å². The minimum atomic E-state index is -0.579. The van der Waals surface area contributed by atoms with E-state index in [1.54, 1.807) is 0 Å². The van der Waals surface area contributed by atoms with Gasteiger partial charge in [0.1, 0.15) is 11.6 Å². The normalized spacial score (nSPS) is 21.5. The molecule has 1 aromatic carbocycles. The summed E-state index contributed by atoms with van der Waals surface area (Å²) in [6.07, 6.45) is 3.08. The van der Waals surface area contributed by atoms with Gasteiger partial charge in [0.15, 0.2) is 0 Å². The van der Waals surface area contributed by atoms with Crippen LogP contribution in [0.5, 0.6) is 0 Å². The van der Waals surface area contributed by atoms with Gasteiger partial charge in [-0.2, -0.15) is 0 Å². The highest BCUT2D eigenvalue weighted by molar-refractivity contribution is 5.82. The zero-order chi connectivity index (χ0) is 16.1. The lowest BCUT2D eigenvalue weighted by molar-refractivity contribution is -0.122. The number of halogens is 2. The lowest BCUT2D eigenvalue weighted by atomic mass is 10.00. The summed E-state index contributed by atoms with van der Waals surface area (Å²) < 4.78 is 27.4. The van der Waals surface area contributed by atoms with Crippen LogP contribution in [0.3, 0.4) is 0 Å². The lowest BCUT2D eigenvalue weighted by Crippen LogP contribution is -2.31. The number of aliphatic hydroxyl groups excluding tert-OH is 1. The van der Waals surface area contributed by atoms with Crippen molar-refractivity contribution in [2.75, 3.05) is 13.2 Å². The van der Waals surface area contributed by atoms with Gasteiger partial charge in [-0.05, 0) is 37.3 Å². The Balaban J connectivity index is 1.88. The van der Waals surface area contributed by atoms with Gasteiger partial charge in [-0.3, -0.25) is 4.79 Å². The summed E-state index contributed by atoms with van der Waals surface area (Å²) in [5.41, 5.74) is 0.0307. The quantitative estimate of drug-likeness (QED) is 0.775. The predicted octanol–water partition coefficient (Wildman–Crippen LogP) is 2.98. The fraction of sp³-hybridized carbons (Fsp3) is 0.588. The monoisotopic (exact) mass is 311 g/mol. The molecule has 22 heavy (non-hydrogen) atoms. The van der Waals surface area contributed by atoms with Crippen molar-refractivity contribution in [3.8, 4) is 0 Å². The number of carbonyl (C=O) groups excluding carboxylic acids is 1. The third-order valence-electron chi connectivity index (χ3n) is 4.30. The lowest BCUT2D eigenvalue weighted by Gasteiger charge is -2.15. The molecule has 5 heteroatoms. The van der Waals surface area contributed by atoms with Gasteiger partial charge >= 0.3 is 0 Å². The van der Waals surface area contributed by atoms with Crippen LogP contribution in [0.4, 0.5) is 8.78 Å². The maximum Gasteiger partial charge on any atom is 0.223 e. The van der Waals surface area contributed by atoms with Crippen LogP contribution < -0.4 is 5.32 Å². The molecule has 1 aromatic rings. The molecule has 1 aliphatic carbocycles. The van der Waals surface area contributed by atoms with E-state index in [4.69, 9.17) is 5.11 Å². The smallest absolute Gasteiger partial charge is 0.223 e. The second-order valence-electron chi connectivity index (χ2n) is 6.00. The summed E-state index contributed by atoms with van der Waals surface area (Å²) in [6.45, 7) is 2.67. The first-order chi connectivity index (χ1) is 10.6. The van der Waals surface area contributed by atoms with Gasteiger partial charge in [-0.25, -0.2) is 8.78 Å². The molecule has 3 atom stereocenters. The molecule has 3 unspecified atom stereocenters. The summed E-state index contributed by atoms with van der Waals surface area (Å²) in [5, 5.41) is 11.9. The largest absolute Gasteiger partial charge is 0.396 e. The van der Waals surface area contributed by atoms with Crippen LogP contribution >= 0.6 is 0 Å². The van der Waals surface area contributed by atoms with Crippen molar-refractivity contribution < 1.29 is 18.7 Å². The zero-order valence-electron chi connectivity index (χ0n) is 12.8. The van der Waals surface area contributed by atoms with Gasteiger partial charge in [0, 0.05) is 30.6 Å². The maximum atomic E-state index is 13.7. The van der Waals surface area contributed by atoms with E-state index in [2.05, 4.69) is 12.2 Å². The molecule has 0 heterocycles. The Morgan fingerprint density at radius 1 is 1.36 bits per heavy atom. The first kappa shape index (κ1) is 16.9. The van der Waals surface area contributed by atoms with Gasteiger partial charge in [-0.1, -0.05) is 19.4 Å². The molecule has 0 radical (unpaired) electrons. The van der Waals surface area contributed by atoms with E-state index >= 15 is 0 Å². The van der Waals surface area contributed by atoms with Gasteiger partial charge in [0.25, 0.3) is 0 Å². The van der Waals surface area contributed by atoms with Crippen LogP contribution in [0.25, 0.3) is 0 Å². The second kappa shape index (κ2) is 7.68. The van der Waals surface area contributed by atoms with E-state index < -0.39 is 11.6 Å². The standard InChI is InChI=1S/C17H23F2NO2/c1-2-4-11(7-8-21)10-20-17(22)13-9-12(13)16-14(18)5-3-6-15(16)19/h3,5-6,11-13,21H,2,4,7-10H2,1H3,(H,20,22). The molecule has 1 amide bonds. The molecule has 0 bridgehead atoms. The Kier molecular flexibility index (Phi) is 5.89. The van der Waals surface area contributed by atoms with Crippen LogP contribution in [0.2, 0.25) is 0 Å². The van der Waals surface area contributed by atoms with E-state index in [9.17, 15) is 13.6 Å². The number of hydrogen-bond acceptors (Lipinski definition) is 2. The Hall–Kier alpha value is -1.49. The topological polar surface area (TPSA) is 49.3 Å². The summed E-state index contributed by atoms with van der Waals surface area (Å²) >= 11 is 0. The number of hydrogen-bond donors (Lipinski definition) is 2. The number of nitrogens with one attached hydrogen (secondary N) is 1. The maximum absolute atomic E-state index is 13.7. The third kappa shape index (κ3) is 4.03. The highest BCUT2D eigenvalue weighted by Crippen LogP contribution is 2.49. The predicted molar refractivity (Wildman–Crippen MR) is 80.3 cm³/mol. The number of carbonyl (C=O) groups is 1. The molecule has 0 saturated heterocycles. The molecule has 1 aliphatic rings. The van der Waals surface area contributed by atoms with Gasteiger partial charge in [-0.15, -0.1) is 0 Å². The van der Waals surface area contributed by atoms with Gasteiger partial charge in [0.05, 0.1) is 0 Å². The molecule has 1 fully saturated rings.